The van der Waals surface area contributed by atoms with Gasteiger partial charge in [0.15, 0.2) is 11.7 Å². The van der Waals surface area contributed by atoms with Crippen molar-refractivity contribution in [3.05, 3.63) is 23.6 Å². The molecule has 1 atom stereocenters. The fourth-order valence-corrected chi connectivity index (χ4v) is 0.697. The summed E-state index contributed by atoms with van der Waals surface area (Å²) in [4.78, 5) is 0. The number of rotatable bonds is 0. The van der Waals surface area contributed by atoms with Crippen LogP contribution in [0.2, 0.25) is 0 Å². The Kier molecular flexibility index (Phi) is 1.95. The summed E-state index contributed by atoms with van der Waals surface area (Å²) in [5.74, 6) is -11.0. The Morgan fingerprint density at radius 3 is 2.25 bits per heavy atom. The van der Waals surface area contributed by atoms with Crippen molar-refractivity contribution in [1.29, 1.82) is 0 Å². The molecule has 0 aromatic carbocycles. The van der Waals surface area contributed by atoms with E-state index < -0.39 is 29.5 Å². The highest BCUT2D eigenvalue weighted by atomic mass is 19.3. The molecule has 12 heavy (non-hydrogen) atoms. The van der Waals surface area contributed by atoms with E-state index in [-0.39, 0.29) is 6.08 Å². The van der Waals surface area contributed by atoms with E-state index in [0.717, 1.165) is 0 Å². The minimum Gasteiger partial charge on any atom is -0.382 e. The number of aliphatic hydroxyl groups excluding tert-OH is 1. The van der Waals surface area contributed by atoms with Gasteiger partial charge in [0.1, 0.15) is 6.10 Å². The molecule has 0 heterocycles. The highest BCUT2D eigenvalue weighted by Gasteiger charge is 2.48. The first kappa shape index (κ1) is 9.18. The lowest BCUT2D eigenvalue weighted by Gasteiger charge is -2.21. The van der Waals surface area contributed by atoms with E-state index in [4.69, 9.17) is 5.11 Å². The lowest BCUT2D eigenvalue weighted by atomic mass is 10.1. The van der Waals surface area contributed by atoms with Gasteiger partial charge < -0.3 is 5.11 Å². The van der Waals surface area contributed by atoms with Crippen LogP contribution in [0.1, 0.15) is 0 Å². The maximum absolute atomic E-state index is 12.3. The normalized spacial score (nSPS) is 28.8. The average molecular weight is 186 g/mol. The van der Waals surface area contributed by atoms with Crippen molar-refractivity contribution in [1.82, 2.24) is 0 Å². The Morgan fingerprint density at radius 2 is 1.75 bits per heavy atom. The van der Waals surface area contributed by atoms with Crippen molar-refractivity contribution in [3.63, 3.8) is 0 Å². The Labute approximate surface area is 63.8 Å². The Bertz CT molecular complexity index is 267. The second-order valence-corrected chi connectivity index (χ2v) is 2.21. The second kappa shape index (κ2) is 2.55. The monoisotopic (exact) mass is 186 g/mol. The summed E-state index contributed by atoms with van der Waals surface area (Å²) in [5.41, 5.74) is 0. The second-order valence-electron chi connectivity index (χ2n) is 2.21. The van der Waals surface area contributed by atoms with Gasteiger partial charge in [0.25, 0.3) is 0 Å². The highest BCUT2D eigenvalue weighted by Crippen LogP contribution is 2.39. The molecule has 0 radical (unpaired) electrons. The number of aliphatic hydroxyl groups is 1. The van der Waals surface area contributed by atoms with E-state index in [2.05, 4.69) is 0 Å². The van der Waals surface area contributed by atoms with Crippen LogP contribution < -0.4 is 0 Å². The first-order valence-corrected chi connectivity index (χ1v) is 2.86. The Morgan fingerprint density at radius 1 is 1.25 bits per heavy atom. The van der Waals surface area contributed by atoms with Crippen molar-refractivity contribution in [2.45, 2.75) is 12.0 Å². The SMILES string of the molecule is OC1C=C(F)C(F)=C(F)C1(F)F. The van der Waals surface area contributed by atoms with E-state index >= 15 is 0 Å². The van der Waals surface area contributed by atoms with Crippen molar-refractivity contribution in [2.75, 3.05) is 0 Å². The fourth-order valence-electron chi connectivity index (χ4n) is 0.697. The van der Waals surface area contributed by atoms with E-state index in [9.17, 15) is 22.0 Å². The van der Waals surface area contributed by atoms with E-state index in [1.165, 1.54) is 0 Å². The van der Waals surface area contributed by atoms with Gasteiger partial charge in [-0.3, -0.25) is 0 Å². The maximum Gasteiger partial charge on any atom is 0.330 e. The van der Waals surface area contributed by atoms with E-state index in [0.29, 0.717) is 0 Å². The predicted octanol–water partition coefficient (Wildman–Crippen LogP) is 2.00. The minimum atomic E-state index is -4.38. The molecule has 0 bridgehead atoms. The number of allylic oxidation sites excluding steroid dienone is 2. The molecule has 1 rings (SSSR count). The lowest BCUT2D eigenvalue weighted by molar-refractivity contribution is -0.0761. The van der Waals surface area contributed by atoms with Gasteiger partial charge >= 0.3 is 5.92 Å². The minimum absolute atomic E-state index is 0.0849. The molecular weight excluding hydrogens is 183 g/mol. The molecule has 0 spiro atoms. The van der Waals surface area contributed by atoms with Crippen molar-refractivity contribution >= 4 is 0 Å². The third-order valence-electron chi connectivity index (χ3n) is 1.37. The molecule has 0 saturated heterocycles. The number of hydrogen-bond donors (Lipinski definition) is 1. The van der Waals surface area contributed by atoms with Gasteiger partial charge in [-0.05, 0) is 6.08 Å². The van der Waals surface area contributed by atoms with Gasteiger partial charge in [0.05, 0.1) is 0 Å². The van der Waals surface area contributed by atoms with Crippen molar-refractivity contribution in [3.8, 4) is 0 Å². The van der Waals surface area contributed by atoms with Gasteiger partial charge in [-0.2, -0.15) is 8.78 Å². The summed E-state index contributed by atoms with van der Waals surface area (Å²) in [5, 5.41) is 8.39. The topological polar surface area (TPSA) is 20.2 Å². The van der Waals surface area contributed by atoms with E-state index in [1.807, 2.05) is 0 Å². The molecule has 0 fully saturated rings. The zero-order valence-corrected chi connectivity index (χ0v) is 5.49. The Hall–Kier alpha value is -0.910. The molecule has 1 aliphatic carbocycles. The molecule has 0 aromatic heterocycles. The summed E-state index contributed by atoms with van der Waals surface area (Å²) >= 11 is 0. The van der Waals surface area contributed by atoms with Gasteiger partial charge in [-0.1, -0.05) is 0 Å². The van der Waals surface area contributed by atoms with E-state index in [1.54, 1.807) is 0 Å². The highest BCUT2D eigenvalue weighted by molar-refractivity contribution is 5.33. The fraction of sp³-hybridized carbons (Fsp3) is 0.333. The quantitative estimate of drug-likeness (QED) is 0.573. The molecule has 0 aliphatic heterocycles. The van der Waals surface area contributed by atoms with Crippen LogP contribution in [0.3, 0.4) is 0 Å². The molecule has 0 saturated carbocycles. The standard InChI is InChI=1S/C6H3F5O/c7-2-1-3(12)6(10,11)5(9)4(2)8/h1,3,12H. The summed E-state index contributed by atoms with van der Waals surface area (Å²) in [6.45, 7) is 0. The molecule has 6 heteroatoms. The molecular formula is C6H3F5O. The molecule has 1 nitrogen and oxygen atoms in total. The van der Waals surface area contributed by atoms with Gasteiger partial charge in [0, 0.05) is 0 Å². The lowest BCUT2D eigenvalue weighted by Crippen LogP contribution is -2.35. The first-order chi connectivity index (χ1) is 5.37. The molecule has 0 aromatic rings. The van der Waals surface area contributed by atoms with Crippen LogP contribution in [0.25, 0.3) is 0 Å². The van der Waals surface area contributed by atoms with Crippen LogP contribution in [0.5, 0.6) is 0 Å². The van der Waals surface area contributed by atoms with Crippen LogP contribution in [-0.4, -0.2) is 17.1 Å². The summed E-state index contributed by atoms with van der Waals surface area (Å²) in [6, 6.07) is 0. The van der Waals surface area contributed by atoms with Crippen molar-refractivity contribution in [2.24, 2.45) is 0 Å². The summed E-state index contributed by atoms with van der Waals surface area (Å²) < 4.78 is 61.0. The largest absolute Gasteiger partial charge is 0.382 e. The van der Waals surface area contributed by atoms with Crippen LogP contribution >= 0.6 is 0 Å². The number of hydrogen-bond acceptors (Lipinski definition) is 1. The zero-order valence-electron chi connectivity index (χ0n) is 5.49. The van der Waals surface area contributed by atoms with Gasteiger partial charge in [-0.25, -0.2) is 13.2 Å². The van der Waals surface area contributed by atoms with Crippen molar-refractivity contribution < 1.29 is 27.1 Å². The molecule has 68 valence electrons. The Balaban J connectivity index is 3.18. The predicted molar refractivity (Wildman–Crippen MR) is 29.4 cm³/mol. The zero-order chi connectivity index (χ0) is 9.52. The molecule has 0 amide bonds. The third kappa shape index (κ3) is 1.12. The number of halogens is 5. The third-order valence-corrected chi connectivity index (χ3v) is 1.37. The van der Waals surface area contributed by atoms with Gasteiger partial charge in [0.2, 0.25) is 5.83 Å². The first-order valence-electron chi connectivity index (χ1n) is 2.86. The number of alkyl halides is 2. The smallest absolute Gasteiger partial charge is 0.330 e. The van der Waals surface area contributed by atoms with Crippen LogP contribution in [-0.2, 0) is 0 Å². The summed E-state index contributed by atoms with van der Waals surface area (Å²) in [6.07, 6.45) is -2.74. The van der Waals surface area contributed by atoms with Gasteiger partial charge in [-0.15, -0.1) is 0 Å². The maximum atomic E-state index is 12.3. The average Bonchev–Trinajstić information content (AvgIpc) is 1.99. The summed E-state index contributed by atoms with van der Waals surface area (Å²) in [7, 11) is 0. The van der Waals surface area contributed by atoms with Crippen LogP contribution in [0, 0.1) is 0 Å². The molecule has 1 unspecified atom stereocenters. The van der Waals surface area contributed by atoms with Crippen LogP contribution in [0.4, 0.5) is 22.0 Å². The molecule has 1 N–H and O–H groups in total. The van der Waals surface area contributed by atoms with Crippen LogP contribution in [0.15, 0.2) is 23.6 Å². The molecule has 1 aliphatic rings.